The number of fused-ring (bicyclic) bond motifs is 1. The lowest BCUT2D eigenvalue weighted by molar-refractivity contribution is 0.100. The van der Waals surface area contributed by atoms with Gasteiger partial charge in [0.1, 0.15) is 11.3 Å². The number of hydrogen-bond acceptors (Lipinski definition) is 4. The van der Waals surface area contributed by atoms with Gasteiger partial charge in [-0.25, -0.2) is 4.98 Å². The molecule has 0 radical (unpaired) electrons. The van der Waals surface area contributed by atoms with Crippen molar-refractivity contribution >= 4 is 16.9 Å². The summed E-state index contributed by atoms with van der Waals surface area (Å²) in [5.41, 5.74) is 7.87. The Bertz CT molecular complexity index is 757. The first-order chi connectivity index (χ1) is 12.2. The number of benzene rings is 1. The average Bonchev–Trinajstić information content (AvgIpc) is 3.28. The van der Waals surface area contributed by atoms with Gasteiger partial charge in [-0.15, -0.1) is 0 Å². The predicted octanol–water partition coefficient (Wildman–Crippen LogP) is 2.05. The number of nitrogens with one attached hydrogen (secondary N) is 1. The molecule has 1 atom stereocenters. The highest BCUT2D eigenvalue weighted by atomic mass is 16.1. The summed E-state index contributed by atoms with van der Waals surface area (Å²) in [7, 11) is 0. The number of nitrogens with zero attached hydrogens (tertiary/aromatic N) is 3. The fourth-order valence-electron chi connectivity index (χ4n) is 4.19. The Morgan fingerprint density at radius 1 is 1.20 bits per heavy atom. The monoisotopic (exact) mass is 341 g/mol. The number of piperidine rings is 1. The van der Waals surface area contributed by atoms with E-state index in [0.29, 0.717) is 5.56 Å². The summed E-state index contributed by atoms with van der Waals surface area (Å²) in [5.74, 6) is 0.649. The van der Waals surface area contributed by atoms with Crippen LogP contribution in [-0.4, -0.2) is 46.5 Å². The van der Waals surface area contributed by atoms with E-state index in [-0.39, 0.29) is 6.04 Å². The molecule has 0 saturated carbocycles. The third-order valence-corrected chi connectivity index (χ3v) is 5.53. The minimum Gasteiger partial charge on any atom is -0.366 e. The molecule has 1 amide bonds. The standard InChI is InChI=1S/C19H27N5O/c20-18(25)14-6-4-8-16-17(14)22-19(15-7-5-9-21-15)24(16)13-12-23-10-2-1-3-11-23/h4,6,8,15,21H,1-3,5,7,9-13H2,(H2,20,25). The van der Waals surface area contributed by atoms with E-state index in [9.17, 15) is 4.79 Å². The molecule has 2 saturated heterocycles. The summed E-state index contributed by atoms with van der Waals surface area (Å²) in [6, 6.07) is 6.02. The van der Waals surface area contributed by atoms with E-state index in [0.717, 1.165) is 42.9 Å². The Morgan fingerprint density at radius 2 is 2.04 bits per heavy atom. The molecule has 2 aliphatic heterocycles. The molecule has 6 nitrogen and oxygen atoms in total. The van der Waals surface area contributed by atoms with Crippen LogP contribution < -0.4 is 11.1 Å². The van der Waals surface area contributed by atoms with Crippen molar-refractivity contribution < 1.29 is 4.79 Å². The van der Waals surface area contributed by atoms with Crippen LogP contribution in [0.25, 0.3) is 11.0 Å². The smallest absolute Gasteiger partial charge is 0.250 e. The molecule has 134 valence electrons. The average molecular weight is 341 g/mol. The molecule has 4 rings (SSSR count). The second kappa shape index (κ2) is 7.14. The summed E-state index contributed by atoms with van der Waals surface area (Å²) in [4.78, 5) is 19.2. The van der Waals surface area contributed by atoms with Crippen LogP contribution in [0.2, 0.25) is 0 Å². The van der Waals surface area contributed by atoms with Crippen LogP contribution in [0.3, 0.4) is 0 Å². The lowest BCUT2D eigenvalue weighted by Crippen LogP contribution is -2.33. The number of carbonyl (C=O) groups excluding carboxylic acids is 1. The van der Waals surface area contributed by atoms with Gasteiger partial charge in [0.05, 0.1) is 17.1 Å². The molecule has 1 unspecified atom stereocenters. The highest BCUT2D eigenvalue weighted by molar-refractivity contribution is 6.04. The molecule has 2 aromatic rings. The number of hydrogen-bond donors (Lipinski definition) is 2. The number of rotatable bonds is 5. The number of imidazole rings is 1. The SMILES string of the molecule is NC(=O)c1cccc2c1nc(C1CCCN1)n2CCN1CCCCC1. The van der Waals surface area contributed by atoms with Gasteiger partial charge in [0, 0.05) is 13.1 Å². The van der Waals surface area contributed by atoms with Crippen LogP contribution in [0, 0.1) is 0 Å². The second-order valence-electron chi connectivity index (χ2n) is 7.21. The fraction of sp³-hybridized carbons (Fsp3) is 0.579. The highest BCUT2D eigenvalue weighted by Gasteiger charge is 2.25. The van der Waals surface area contributed by atoms with Crippen molar-refractivity contribution in [3.05, 3.63) is 29.6 Å². The van der Waals surface area contributed by atoms with Crippen LogP contribution in [0.4, 0.5) is 0 Å². The second-order valence-corrected chi connectivity index (χ2v) is 7.21. The van der Waals surface area contributed by atoms with E-state index in [1.54, 1.807) is 6.07 Å². The number of para-hydroxylation sites is 1. The maximum absolute atomic E-state index is 11.8. The first-order valence-corrected chi connectivity index (χ1v) is 9.49. The molecule has 0 spiro atoms. The minimum absolute atomic E-state index is 0.273. The third-order valence-electron chi connectivity index (χ3n) is 5.53. The summed E-state index contributed by atoms with van der Waals surface area (Å²) in [5, 5.41) is 3.55. The van der Waals surface area contributed by atoms with Crippen molar-refractivity contribution in [3.8, 4) is 0 Å². The quantitative estimate of drug-likeness (QED) is 0.873. The molecule has 3 heterocycles. The van der Waals surface area contributed by atoms with E-state index in [1.807, 2.05) is 6.07 Å². The summed E-state index contributed by atoms with van der Waals surface area (Å²) in [6.45, 7) is 5.35. The fourth-order valence-corrected chi connectivity index (χ4v) is 4.19. The molecule has 3 N–H and O–H groups in total. The molecular formula is C19H27N5O. The molecule has 0 bridgehead atoms. The zero-order valence-electron chi connectivity index (χ0n) is 14.7. The van der Waals surface area contributed by atoms with Crippen LogP contribution in [0.15, 0.2) is 18.2 Å². The maximum atomic E-state index is 11.8. The lowest BCUT2D eigenvalue weighted by atomic mass is 10.1. The van der Waals surface area contributed by atoms with Gasteiger partial charge in [0.15, 0.2) is 0 Å². The highest BCUT2D eigenvalue weighted by Crippen LogP contribution is 2.28. The van der Waals surface area contributed by atoms with Crippen LogP contribution >= 0.6 is 0 Å². The molecule has 2 aliphatic rings. The molecule has 6 heteroatoms. The van der Waals surface area contributed by atoms with Crippen molar-refractivity contribution in [2.75, 3.05) is 26.2 Å². The normalized spacial score (nSPS) is 21.8. The predicted molar refractivity (Wildman–Crippen MR) is 98.5 cm³/mol. The topological polar surface area (TPSA) is 76.2 Å². The van der Waals surface area contributed by atoms with Crippen molar-refractivity contribution in [2.45, 2.75) is 44.7 Å². The van der Waals surface area contributed by atoms with E-state index in [2.05, 4.69) is 20.9 Å². The Morgan fingerprint density at radius 3 is 2.76 bits per heavy atom. The molecular weight excluding hydrogens is 314 g/mol. The number of primary amides is 1. The summed E-state index contributed by atoms with van der Waals surface area (Å²) < 4.78 is 2.30. The number of aromatic nitrogens is 2. The van der Waals surface area contributed by atoms with Crippen LogP contribution in [0.5, 0.6) is 0 Å². The van der Waals surface area contributed by atoms with Gasteiger partial charge in [-0.05, 0) is 57.5 Å². The van der Waals surface area contributed by atoms with E-state index >= 15 is 0 Å². The Hall–Kier alpha value is -1.92. The number of likely N-dealkylation sites (tertiary alicyclic amines) is 1. The zero-order valence-corrected chi connectivity index (χ0v) is 14.7. The molecule has 0 aliphatic carbocycles. The van der Waals surface area contributed by atoms with Crippen molar-refractivity contribution in [1.82, 2.24) is 19.8 Å². The van der Waals surface area contributed by atoms with Gasteiger partial charge in [0.2, 0.25) is 0 Å². The van der Waals surface area contributed by atoms with Crippen LogP contribution in [-0.2, 0) is 6.54 Å². The summed E-state index contributed by atoms with van der Waals surface area (Å²) >= 11 is 0. The van der Waals surface area contributed by atoms with Crippen molar-refractivity contribution in [1.29, 1.82) is 0 Å². The molecule has 2 fully saturated rings. The molecule has 1 aromatic heterocycles. The Kier molecular flexibility index (Phi) is 4.72. The van der Waals surface area contributed by atoms with E-state index in [4.69, 9.17) is 10.7 Å². The van der Waals surface area contributed by atoms with Gasteiger partial charge in [-0.2, -0.15) is 0 Å². The van der Waals surface area contributed by atoms with Gasteiger partial charge < -0.3 is 20.5 Å². The number of amides is 1. The molecule has 25 heavy (non-hydrogen) atoms. The first-order valence-electron chi connectivity index (χ1n) is 9.49. The maximum Gasteiger partial charge on any atom is 0.250 e. The lowest BCUT2D eigenvalue weighted by Gasteiger charge is -2.27. The van der Waals surface area contributed by atoms with E-state index in [1.165, 1.54) is 38.8 Å². The molecule has 1 aromatic carbocycles. The number of nitrogens with two attached hydrogens (primary N) is 1. The summed E-state index contributed by atoms with van der Waals surface area (Å²) in [6.07, 6.45) is 6.21. The minimum atomic E-state index is -0.405. The number of carbonyl (C=O) groups is 1. The van der Waals surface area contributed by atoms with Gasteiger partial charge >= 0.3 is 0 Å². The Balaban J connectivity index is 1.69. The van der Waals surface area contributed by atoms with E-state index < -0.39 is 5.91 Å². The largest absolute Gasteiger partial charge is 0.366 e. The van der Waals surface area contributed by atoms with Gasteiger partial charge in [-0.3, -0.25) is 4.79 Å². The van der Waals surface area contributed by atoms with Crippen molar-refractivity contribution in [3.63, 3.8) is 0 Å². The Labute approximate surface area is 148 Å². The van der Waals surface area contributed by atoms with Gasteiger partial charge in [0.25, 0.3) is 5.91 Å². The first kappa shape index (κ1) is 16.5. The zero-order chi connectivity index (χ0) is 17.2. The van der Waals surface area contributed by atoms with Crippen molar-refractivity contribution in [2.24, 2.45) is 5.73 Å². The van der Waals surface area contributed by atoms with Crippen LogP contribution in [0.1, 0.15) is 54.3 Å². The third kappa shape index (κ3) is 3.28. The van der Waals surface area contributed by atoms with Gasteiger partial charge in [-0.1, -0.05) is 12.5 Å².